The number of ether oxygens (including phenoxy) is 1. The van der Waals surface area contributed by atoms with Crippen molar-refractivity contribution < 1.29 is 13.2 Å². The zero-order valence-electron chi connectivity index (χ0n) is 8.36. The molecular formula is C8H17NO3S. The minimum Gasteiger partial charge on any atom is -0.381 e. The van der Waals surface area contributed by atoms with Gasteiger partial charge in [-0.2, -0.15) is 0 Å². The lowest BCUT2D eigenvalue weighted by Gasteiger charge is -2.30. The summed E-state index contributed by atoms with van der Waals surface area (Å²) >= 11 is 0. The maximum atomic E-state index is 11.8. The first-order valence-corrected chi connectivity index (χ1v) is 5.95. The number of hydrogen-bond acceptors (Lipinski definition) is 3. The molecule has 13 heavy (non-hydrogen) atoms. The summed E-state index contributed by atoms with van der Waals surface area (Å²) < 4.78 is 30.0. The largest absolute Gasteiger partial charge is 0.381 e. The lowest BCUT2D eigenvalue weighted by Crippen LogP contribution is -2.42. The highest BCUT2D eigenvalue weighted by Gasteiger charge is 2.34. The summed E-state index contributed by atoms with van der Waals surface area (Å²) in [6.07, 6.45) is 0.613. The molecule has 1 saturated heterocycles. The third-order valence-electron chi connectivity index (χ3n) is 2.45. The Morgan fingerprint density at radius 1 is 1.38 bits per heavy atom. The standard InChI is InChI=1S/C8H17NO3S/c1-7-6-12-5-4-8(7)13(10,11)9(2)3/h7-8H,4-6H2,1-3H3. The minimum atomic E-state index is -3.10. The van der Waals surface area contributed by atoms with E-state index in [1.54, 1.807) is 14.1 Å². The third-order valence-corrected chi connectivity index (χ3v) is 4.94. The van der Waals surface area contributed by atoms with Gasteiger partial charge < -0.3 is 4.74 Å². The van der Waals surface area contributed by atoms with Gasteiger partial charge in [0.25, 0.3) is 0 Å². The van der Waals surface area contributed by atoms with Crippen LogP contribution in [0.5, 0.6) is 0 Å². The zero-order valence-corrected chi connectivity index (χ0v) is 9.17. The van der Waals surface area contributed by atoms with Gasteiger partial charge in [-0.15, -0.1) is 0 Å². The summed E-state index contributed by atoms with van der Waals surface area (Å²) in [4.78, 5) is 0. The SMILES string of the molecule is CC1COCCC1S(=O)(=O)N(C)C. The predicted molar refractivity (Wildman–Crippen MR) is 51.0 cm³/mol. The van der Waals surface area contributed by atoms with Gasteiger partial charge >= 0.3 is 0 Å². The fourth-order valence-corrected chi connectivity index (χ4v) is 3.18. The minimum absolute atomic E-state index is 0.0983. The molecule has 0 saturated carbocycles. The van der Waals surface area contributed by atoms with Crippen molar-refractivity contribution >= 4 is 10.0 Å². The molecule has 0 bridgehead atoms. The molecule has 0 N–H and O–H groups in total. The summed E-state index contributed by atoms with van der Waals surface area (Å²) in [5.74, 6) is 0.0983. The average Bonchev–Trinajstić information content (AvgIpc) is 2.04. The van der Waals surface area contributed by atoms with E-state index in [9.17, 15) is 8.42 Å². The quantitative estimate of drug-likeness (QED) is 0.654. The molecule has 1 rings (SSSR count). The van der Waals surface area contributed by atoms with E-state index in [0.29, 0.717) is 19.6 Å². The predicted octanol–water partition coefficient (Wildman–Crippen LogP) is 0.303. The van der Waals surface area contributed by atoms with Crippen LogP contribution in [-0.2, 0) is 14.8 Å². The molecule has 0 radical (unpaired) electrons. The molecular weight excluding hydrogens is 190 g/mol. The van der Waals surface area contributed by atoms with Gasteiger partial charge in [-0.3, -0.25) is 0 Å². The van der Waals surface area contributed by atoms with Gasteiger partial charge in [-0.05, 0) is 12.3 Å². The Morgan fingerprint density at radius 3 is 2.46 bits per heavy atom. The van der Waals surface area contributed by atoms with Crippen LogP contribution in [0, 0.1) is 5.92 Å². The van der Waals surface area contributed by atoms with Crippen LogP contribution in [0.4, 0.5) is 0 Å². The normalized spacial score (nSPS) is 30.8. The van der Waals surface area contributed by atoms with E-state index in [2.05, 4.69) is 0 Å². The van der Waals surface area contributed by atoms with Crippen LogP contribution in [-0.4, -0.2) is 45.3 Å². The Balaban J connectivity index is 2.80. The van der Waals surface area contributed by atoms with Gasteiger partial charge in [0.15, 0.2) is 0 Å². The second-order valence-electron chi connectivity index (χ2n) is 3.71. The van der Waals surface area contributed by atoms with E-state index in [1.807, 2.05) is 6.92 Å². The van der Waals surface area contributed by atoms with Crippen molar-refractivity contribution in [1.29, 1.82) is 0 Å². The molecule has 5 heteroatoms. The molecule has 0 spiro atoms. The number of hydrogen-bond donors (Lipinski definition) is 0. The van der Waals surface area contributed by atoms with Gasteiger partial charge in [0.1, 0.15) is 0 Å². The first kappa shape index (κ1) is 10.9. The Hall–Kier alpha value is -0.130. The highest BCUT2D eigenvalue weighted by Crippen LogP contribution is 2.22. The fraction of sp³-hybridized carbons (Fsp3) is 1.00. The van der Waals surface area contributed by atoms with Crippen molar-refractivity contribution in [2.75, 3.05) is 27.3 Å². The second-order valence-corrected chi connectivity index (χ2v) is 6.07. The van der Waals surface area contributed by atoms with Crippen LogP contribution in [0.15, 0.2) is 0 Å². The molecule has 0 aromatic heterocycles. The molecule has 2 unspecified atom stereocenters. The van der Waals surface area contributed by atoms with Crippen molar-refractivity contribution in [3.63, 3.8) is 0 Å². The van der Waals surface area contributed by atoms with Crippen LogP contribution in [0.25, 0.3) is 0 Å². The molecule has 2 atom stereocenters. The smallest absolute Gasteiger partial charge is 0.216 e. The fourth-order valence-electron chi connectivity index (χ4n) is 1.57. The van der Waals surface area contributed by atoms with E-state index in [4.69, 9.17) is 4.74 Å². The van der Waals surface area contributed by atoms with Crippen LogP contribution >= 0.6 is 0 Å². The molecule has 1 fully saturated rings. The molecule has 1 heterocycles. The molecule has 0 aliphatic carbocycles. The van der Waals surface area contributed by atoms with Crippen LogP contribution < -0.4 is 0 Å². The molecule has 1 aliphatic heterocycles. The van der Waals surface area contributed by atoms with Crippen molar-refractivity contribution in [3.05, 3.63) is 0 Å². The van der Waals surface area contributed by atoms with E-state index in [0.717, 1.165) is 0 Å². The maximum absolute atomic E-state index is 11.8. The zero-order chi connectivity index (χ0) is 10.1. The van der Waals surface area contributed by atoms with E-state index in [1.165, 1.54) is 4.31 Å². The molecule has 78 valence electrons. The summed E-state index contributed by atoms with van der Waals surface area (Å²) in [5.41, 5.74) is 0. The maximum Gasteiger partial charge on any atom is 0.216 e. The summed E-state index contributed by atoms with van der Waals surface area (Å²) in [7, 11) is 0.0659. The van der Waals surface area contributed by atoms with Gasteiger partial charge in [0.05, 0.1) is 11.9 Å². The first-order valence-electron chi connectivity index (χ1n) is 4.45. The lowest BCUT2D eigenvalue weighted by atomic mass is 10.0. The van der Waals surface area contributed by atoms with E-state index >= 15 is 0 Å². The van der Waals surface area contributed by atoms with Gasteiger partial charge in [-0.25, -0.2) is 12.7 Å². The van der Waals surface area contributed by atoms with Crippen molar-refractivity contribution in [2.45, 2.75) is 18.6 Å². The molecule has 4 nitrogen and oxygen atoms in total. The first-order chi connectivity index (χ1) is 5.96. The Bertz CT molecular complexity index is 261. The van der Waals surface area contributed by atoms with Crippen molar-refractivity contribution in [1.82, 2.24) is 4.31 Å². The number of sulfonamides is 1. The van der Waals surface area contributed by atoms with Crippen LogP contribution in [0.2, 0.25) is 0 Å². The topological polar surface area (TPSA) is 46.6 Å². The molecule has 0 aromatic carbocycles. The average molecular weight is 207 g/mol. The number of rotatable bonds is 2. The van der Waals surface area contributed by atoms with Crippen molar-refractivity contribution in [2.24, 2.45) is 5.92 Å². The molecule has 1 aliphatic rings. The highest BCUT2D eigenvalue weighted by atomic mass is 32.2. The summed E-state index contributed by atoms with van der Waals surface area (Å²) in [6.45, 7) is 3.03. The van der Waals surface area contributed by atoms with Gasteiger partial charge in [0, 0.05) is 20.7 Å². The summed E-state index contributed by atoms with van der Waals surface area (Å²) in [6, 6.07) is 0. The molecule has 0 aromatic rings. The van der Waals surface area contributed by atoms with Crippen LogP contribution in [0.1, 0.15) is 13.3 Å². The Labute approximate surface area is 79.9 Å². The van der Waals surface area contributed by atoms with Gasteiger partial charge in [0.2, 0.25) is 10.0 Å². The lowest BCUT2D eigenvalue weighted by molar-refractivity contribution is 0.0628. The van der Waals surface area contributed by atoms with E-state index in [-0.39, 0.29) is 11.2 Å². The summed E-state index contributed by atoms with van der Waals surface area (Å²) in [5, 5.41) is -0.267. The Kier molecular flexibility index (Phi) is 3.32. The van der Waals surface area contributed by atoms with Crippen LogP contribution in [0.3, 0.4) is 0 Å². The number of nitrogens with zero attached hydrogens (tertiary/aromatic N) is 1. The van der Waals surface area contributed by atoms with Gasteiger partial charge in [-0.1, -0.05) is 6.92 Å². The third kappa shape index (κ3) is 2.21. The van der Waals surface area contributed by atoms with E-state index < -0.39 is 10.0 Å². The highest BCUT2D eigenvalue weighted by molar-refractivity contribution is 7.89. The second kappa shape index (κ2) is 3.94. The van der Waals surface area contributed by atoms with Crippen molar-refractivity contribution in [3.8, 4) is 0 Å². The monoisotopic (exact) mass is 207 g/mol. The Morgan fingerprint density at radius 2 is 2.00 bits per heavy atom. The molecule has 0 amide bonds.